The molecule has 1 aliphatic heterocycles. The number of hydrogen-bond donors (Lipinski definition) is 2. The van der Waals surface area contributed by atoms with Crippen LogP contribution in [0.3, 0.4) is 0 Å². The second-order valence-electron chi connectivity index (χ2n) is 7.36. The average Bonchev–Trinajstić information content (AvgIpc) is 2.73. The number of aryl methyl sites for hydroxylation is 2. The second-order valence-corrected chi connectivity index (χ2v) is 8.44. The summed E-state index contributed by atoms with van der Waals surface area (Å²) in [6.45, 7) is 4.51. The summed E-state index contributed by atoms with van der Waals surface area (Å²) in [6.07, 6.45) is 1.89. The highest BCUT2D eigenvalue weighted by molar-refractivity contribution is 8.04. The number of fused-ring (bicyclic) bond motifs is 1. The van der Waals surface area contributed by atoms with E-state index < -0.39 is 0 Å². The molecule has 30 heavy (non-hydrogen) atoms. The molecule has 0 fully saturated rings. The zero-order chi connectivity index (χ0) is 21.1. The Hall–Kier alpha value is -3.31. The van der Waals surface area contributed by atoms with Crippen molar-refractivity contribution < 1.29 is 9.59 Å². The van der Waals surface area contributed by atoms with Crippen molar-refractivity contribution in [2.45, 2.75) is 25.3 Å². The van der Waals surface area contributed by atoms with E-state index >= 15 is 0 Å². The van der Waals surface area contributed by atoms with Crippen LogP contribution in [-0.4, -0.2) is 11.8 Å². The van der Waals surface area contributed by atoms with Crippen LogP contribution in [0.5, 0.6) is 0 Å². The number of anilines is 1. The number of carbonyl (C=O) groups is 2. The Morgan fingerprint density at radius 1 is 1.00 bits per heavy atom. The average molecular weight is 415 g/mol. The topological polar surface area (TPSA) is 58.2 Å². The van der Waals surface area contributed by atoms with Gasteiger partial charge in [-0.1, -0.05) is 71.4 Å². The minimum Gasteiger partial charge on any atom is -0.348 e. The molecule has 5 heteroatoms. The van der Waals surface area contributed by atoms with E-state index in [1.165, 1.54) is 17.3 Å². The summed E-state index contributed by atoms with van der Waals surface area (Å²) in [5, 5.41) is 5.84. The van der Waals surface area contributed by atoms with E-state index in [0.717, 1.165) is 21.6 Å². The maximum absolute atomic E-state index is 12.6. The third-order valence-corrected chi connectivity index (χ3v) is 5.95. The van der Waals surface area contributed by atoms with E-state index in [9.17, 15) is 9.59 Å². The molecule has 0 saturated heterocycles. The highest BCUT2D eigenvalue weighted by atomic mass is 32.2. The van der Waals surface area contributed by atoms with Gasteiger partial charge in [0.1, 0.15) is 0 Å². The zero-order valence-corrected chi connectivity index (χ0v) is 17.7. The SMILES string of the molecule is Cc1ccc(CNC(=O)c2ccc3c(c2)NC(=O)/C(=C\c2cccc(C)c2)S3)cc1. The lowest BCUT2D eigenvalue weighted by atomic mass is 10.1. The lowest BCUT2D eigenvalue weighted by molar-refractivity contribution is -0.112. The number of amides is 2. The van der Waals surface area contributed by atoms with Crippen molar-refractivity contribution in [3.63, 3.8) is 0 Å². The molecule has 0 radical (unpaired) electrons. The van der Waals surface area contributed by atoms with Gasteiger partial charge in [0.05, 0.1) is 10.6 Å². The summed E-state index contributed by atoms with van der Waals surface area (Å²) >= 11 is 1.42. The quantitative estimate of drug-likeness (QED) is 0.568. The van der Waals surface area contributed by atoms with Crippen molar-refractivity contribution in [2.75, 3.05) is 5.32 Å². The maximum atomic E-state index is 12.6. The Morgan fingerprint density at radius 3 is 2.57 bits per heavy atom. The number of nitrogens with one attached hydrogen (secondary N) is 2. The molecule has 0 atom stereocenters. The predicted molar refractivity (Wildman–Crippen MR) is 122 cm³/mol. The number of carbonyl (C=O) groups excluding carboxylic acids is 2. The Kier molecular flexibility index (Phi) is 5.72. The van der Waals surface area contributed by atoms with Gasteiger partial charge in [-0.15, -0.1) is 0 Å². The Morgan fingerprint density at radius 2 is 1.80 bits per heavy atom. The zero-order valence-electron chi connectivity index (χ0n) is 16.9. The Balaban J connectivity index is 1.48. The van der Waals surface area contributed by atoms with Crippen LogP contribution in [0.25, 0.3) is 6.08 Å². The Bertz CT molecular complexity index is 1150. The number of rotatable bonds is 4. The summed E-state index contributed by atoms with van der Waals surface area (Å²) in [5.41, 5.74) is 5.54. The van der Waals surface area contributed by atoms with E-state index in [1.54, 1.807) is 12.1 Å². The van der Waals surface area contributed by atoms with Crippen LogP contribution in [0.15, 0.2) is 76.5 Å². The summed E-state index contributed by atoms with van der Waals surface area (Å²) in [5.74, 6) is -0.329. The molecule has 3 aromatic rings. The summed E-state index contributed by atoms with van der Waals surface area (Å²) in [7, 11) is 0. The van der Waals surface area contributed by atoms with Crippen LogP contribution in [0.1, 0.15) is 32.6 Å². The molecule has 2 N–H and O–H groups in total. The lowest BCUT2D eigenvalue weighted by Gasteiger charge is -2.19. The molecule has 0 spiro atoms. The summed E-state index contributed by atoms with van der Waals surface area (Å²) < 4.78 is 0. The van der Waals surface area contributed by atoms with Gasteiger partial charge in [0.15, 0.2) is 0 Å². The van der Waals surface area contributed by atoms with Gasteiger partial charge >= 0.3 is 0 Å². The molecular formula is C25H22N2O2S. The van der Waals surface area contributed by atoms with Gasteiger partial charge in [0.2, 0.25) is 0 Å². The van der Waals surface area contributed by atoms with E-state index in [0.29, 0.717) is 22.7 Å². The van der Waals surface area contributed by atoms with Gasteiger partial charge < -0.3 is 10.6 Å². The van der Waals surface area contributed by atoms with Crippen LogP contribution < -0.4 is 10.6 Å². The van der Waals surface area contributed by atoms with Crippen molar-refractivity contribution in [3.05, 3.63) is 99.5 Å². The lowest BCUT2D eigenvalue weighted by Crippen LogP contribution is -2.23. The van der Waals surface area contributed by atoms with Crippen molar-refractivity contribution in [3.8, 4) is 0 Å². The van der Waals surface area contributed by atoms with Crippen molar-refractivity contribution in [2.24, 2.45) is 0 Å². The standard InChI is InChI=1S/C25H22N2O2S/c1-16-6-8-18(9-7-16)15-26-24(28)20-10-11-22-21(14-20)27-25(29)23(30-22)13-19-5-3-4-17(2)12-19/h3-14H,15H2,1-2H3,(H,26,28)(H,27,29)/b23-13+. The largest absolute Gasteiger partial charge is 0.348 e. The van der Waals surface area contributed by atoms with E-state index in [-0.39, 0.29) is 11.8 Å². The molecule has 4 rings (SSSR count). The first kappa shape index (κ1) is 20.0. The van der Waals surface area contributed by atoms with Gasteiger partial charge in [-0.25, -0.2) is 0 Å². The highest BCUT2D eigenvalue weighted by Crippen LogP contribution is 2.39. The van der Waals surface area contributed by atoms with Gasteiger partial charge in [0, 0.05) is 17.0 Å². The van der Waals surface area contributed by atoms with Crippen LogP contribution in [0, 0.1) is 13.8 Å². The summed E-state index contributed by atoms with van der Waals surface area (Å²) in [6, 6.07) is 21.5. The third kappa shape index (κ3) is 4.63. The minimum absolute atomic E-state index is 0.161. The first-order valence-electron chi connectivity index (χ1n) is 9.73. The van der Waals surface area contributed by atoms with E-state index in [4.69, 9.17) is 0 Å². The van der Waals surface area contributed by atoms with Crippen LogP contribution in [-0.2, 0) is 11.3 Å². The maximum Gasteiger partial charge on any atom is 0.262 e. The smallest absolute Gasteiger partial charge is 0.262 e. The monoisotopic (exact) mass is 414 g/mol. The molecule has 0 aliphatic carbocycles. The predicted octanol–water partition coefficient (Wildman–Crippen LogP) is 5.32. The molecular weight excluding hydrogens is 392 g/mol. The molecule has 0 aromatic heterocycles. The van der Waals surface area contributed by atoms with Gasteiger partial charge in [-0.05, 0) is 49.2 Å². The summed E-state index contributed by atoms with van der Waals surface area (Å²) in [4.78, 5) is 26.7. The fraction of sp³-hybridized carbons (Fsp3) is 0.120. The first-order valence-corrected chi connectivity index (χ1v) is 10.5. The molecule has 1 heterocycles. The Labute approximate surface area is 180 Å². The van der Waals surface area contributed by atoms with Crippen LogP contribution >= 0.6 is 11.8 Å². The third-order valence-electron chi connectivity index (χ3n) is 4.85. The molecule has 0 saturated carbocycles. The van der Waals surface area contributed by atoms with Crippen LogP contribution in [0.2, 0.25) is 0 Å². The minimum atomic E-state index is -0.168. The fourth-order valence-electron chi connectivity index (χ4n) is 3.20. The van der Waals surface area contributed by atoms with Gasteiger partial charge in [-0.3, -0.25) is 9.59 Å². The first-order chi connectivity index (χ1) is 14.5. The highest BCUT2D eigenvalue weighted by Gasteiger charge is 2.22. The number of benzene rings is 3. The molecule has 2 amide bonds. The van der Waals surface area contributed by atoms with E-state index in [2.05, 4.69) is 10.6 Å². The molecule has 3 aromatic carbocycles. The molecule has 150 valence electrons. The number of hydrogen-bond acceptors (Lipinski definition) is 3. The fourth-order valence-corrected chi connectivity index (χ4v) is 4.13. The van der Waals surface area contributed by atoms with Crippen molar-refractivity contribution >= 4 is 35.3 Å². The van der Waals surface area contributed by atoms with E-state index in [1.807, 2.05) is 74.5 Å². The normalized spacial score (nSPS) is 14.2. The molecule has 0 unspecified atom stereocenters. The second kappa shape index (κ2) is 8.59. The van der Waals surface area contributed by atoms with Gasteiger partial charge in [-0.2, -0.15) is 0 Å². The van der Waals surface area contributed by atoms with Crippen molar-refractivity contribution in [1.82, 2.24) is 5.32 Å². The van der Waals surface area contributed by atoms with Crippen molar-refractivity contribution in [1.29, 1.82) is 0 Å². The molecule has 1 aliphatic rings. The number of thioether (sulfide) groups is 1. The molecule has 4 nitrogen and oxygen atoms in total. The molecule has 0 bridgehead atoms. The van der Waals surface area contributed by atoms with Crippen LogP contribution in [0.4, 0.5) is 5.69 Å². The van der Waals surface area contributed by atoms with Gasteiger partial charge in [0.25, 0.3) is 11.8 Å².